The lowest BCUT2D eigenvalue weighted by Crippen LogP contribution is -2.07. The van der Waals surface area contributed by atoms with E-state index in [1.165, 1.54) is 0 Å². The maximum atomic E-state index is 5.92. The molecule has 0 saturated carbocycles. The summed E-state index contributed by atoms with van der Waals surface area (Å²) in [5.41, 5.74) is 1.74. The molecule has 17 heavy (non-hydrogen) atoms. The molecule has 92 valence electrons. The van der Waals surface area contributed by atoms with Crippen molar-refractivity contribution >= 4 is 46.1 Å². The van der Waals surface area contributed by atoms with Crippen LogP contribution in [0.25, 0.3) is 11.2 Å². The lowest BCUT2D eigenvalue weighted by molar-refractivity contribution is 0.728. The van der Waals surface area contributed by atoms with Crippen LogP contribution in [-0.4, -0.2) is 32.4 Å². The molecule has 0 saturated heterocycles. The number of alkyl halides is 1. The number of fused-ring (bicyclic) bond motifs is 1. The van der Waals surface area contributed by atoms with Gasteiger partial charge in [-0.3, -0.25) is 0 Å². The Kier molecular flexibility index (Phi) is 4.54. The summed E-state index contributed by atoms with van der Waals surface area (Å²) in [6.07, 6.45) is 4.50. The number of thioether (sulfide) groups is 1. The Hall–Kier alpha value is -0.450. The van der Waals surface area contributed by atoms with Crippen LogP contribution in [0.1, 0.15) is 5.82 Å². The fraction of sp³-hybridized carbons (Fsp3) is 0.455. The molecule has 0 aromatic carbocycles. The predicted octanol–water partition coefficient (Wildman–Crippen LogP) is 3.23. The molecule has 0 bridgehead atoms. The topological polar surface area (TPSA) is 30.7 Å². The van der Waals surface area contributed by atoms with Gasteiger partial charge in [0.25, 0.3) is 0 Å². The van der Waals surface area contributed by atoms with Gasteiger partial charge in [0.1, 0.15) is 11.3 Å². The van der Waals surface area contributed by atoms with Gasteiger partial charge < -0.3 is 4.57 Å². The van der Waals surface area contributed by atoms with Crippen molar-refractivity contribution in [2.24, 2.45) is 0 Å². The molecule has 6 heteroatoms. The molecule has 2 rings (SSSR count). The number of nitrogens with zero attached hydrogens (tertiary/aromatic N) is 3. The number of hydrogen-bond donors (Lipinski definition) is 0. The van der Waals surface area contributed by atoms with Gasteiger partial charge in [-0.05, 0) is 12.3 Å². The molecule has 0 aliphatic rings. The first-order valence-corrected chi connectivity index (χ1v) is 7.62. The Morgan fingerprint density at radius 2 is 2.29 bits per heavy atom. The van der Waals surface area contributed by atoms with Crippen LogP contribution in [0.5, 0.6) is 0 Å². The van der Waals surface area contributed by atoms with E-state index < -0.39 is 0 Å². The molecule has 0 unspecified atom stereocenters. The third-order valence-corrected chi connectivity index (χ3v) is 3.45. The number of aryl methyl sites for hydroxylation is 2. The second-order valence-electron chi connectivity index (χ2n) is 3.61. The maximum Gasteiger partial charge on any atom is 0.160 e. The first-order chi connectivity index (χ1) is 8.26. The van der Waals surface area contributed by atoms with E-state index in [-0.39, 0.29) is 0 Å². The molecule has 0 N–H and O–H groups in total. The molecule has 3 nitrogen and oxygen atoms in total. The highest BCUT2D eigenvalue weighted by atomic mass is 35.5. The van der Waals surface area contributed by atoms with Crippen molar-refractivity contribution in [1.29, 1.82) is 0 Å². The summed E-state index contributed by atoms with van der Waals surface area (Å²) in [5.74, 6) is 2.58. The van der Waals surface area contributed by atoms with Crippen molar-refractivity contribution in [1.82, 2.24) is 14.5 Å². The van der Waals surface area contributed by atoms with Gasteiger partial charge in [0.05, 0.1) is 5.02 Å². The van der Waals surface area contributed by atoms with Gasteiger partial charge in [-0.15, -0.1) is 11.6 Å². The average Bonchev–Trinajstić information content (AvgIpc) is 2.63. The Labute approximate surface area is 115 Å². The molecule has 0 radical (unpaired) electrons. The summed E-state index contributed by atoms with van der Waals surface area (Å²) < 4.78 is 2.13. The third kappa shape index (κ3) is 2.87. The normalized spacial score (nSPS) is 11.2. The molecular formula is C11H13Cl2N3S. The minimum atomic E-state index is 0.566. The van der Waals surface area contributed by atoms with Crippen LogP contribution in [0.4, 0.5) is 0 Å². The number of imidazole rings is 1. The van der Waals surface area contributed by atoms with E-state index in [9.17, 15) is 0 Å². The van der Waals surface area contributed by atoms with Crippen molar-refractivity contribution in [3.05, 3.63) is 23.1 Å². The van der Waals surface area contributed by atoms with E-state index in [2.05, 4.69) is 20.8 Å². The summed E-state index contributed by atoms with van der Waals surface area (Å²) in [6.45, 7) is 0.901. The lowest BCUT2D eigenvalue weighted by atomic mass is 10.4. The van der Waals surface area contributed by atoms with Crippen LogP contribution in [0, 0.1) is 0 Å². The lowest BCUT2D eigenvalue weighted by Gasteiger charge is -2.06. The summed E-state index contributed by atoms with van der Waals surface area (Å²) >= 11 is 13.5. The molecule has 0 fully saturated rings. The Morgan fingerprint density at radius 1 is 1.47 bits per heavy atom. The molecule has 2 heterocycles. The van der Waals surface area contributed by atoms with Gasteiger partial charge in [-0.25, -0.2) is 9.97 Å². The van der Waals surface area contributed by atoms with Crippen molar-refractivity contribution in [2.75, 3.05) is 17.9 Å². The quantitative estimate of drug-likeness (QED) is 0.792. The van der Waals surface area contributed by atoms with Gasteiger partial charge in [0.15, 0.2) is 5.65 Å². The molecule has 0 atom stereocenters. The number of pyridine rings is 1. The van der Waals surface area contributed by atoms with Crippen molar-refractivity contribution in [3.8, 4) is 0 Å². The number of rotatable bonds is 5. The Morgan fingerprint density at radius 3 is 3.00 bits per heavy atom. The number of aromatic nitrogens is 3. The van der Waals surface area contributed by atoms with Crippen molar-refractivity contribution < 1.29 is 0 Å². The molecule has 2 aromatic heterocycles. The summed E-state index contributed by atoms with van der Waals surface area (Å²) in [4.78, 5) is 8.89. The summed E-state index contributed by atoms with van der Waals surface area (Å²) in [7, 11) is 0. The highest BCUT2D eigenvalue weighted by molar-refractivity contribution is 7.98. The van der Waals surface area contributed by atoms with Crippen LogP contribution in [0.15, 0.2) is 12.3 Å². The van der Waals surface area contributed by atoms with E-state index in [4.69, 9.17) is 23.2 Å². The van der Waals surface area contributed by atoms with Gasteiger partial charge >= 0.3 is 0 Å². The Balaban J connectivity index is 2.46. The monoisotopic (exact) mass is 289 g/mol. The van der Waals surface area contributed by atoms with Gasteiger partial charge in [0.2, 0.25) is 0 Å². The van der Waals surface area contributed by atoms with Crippen LogP contribution in [0.3, 0.4) is 0 Å². The third-order valence-electron chi connectivity index (χ3n) is 2.47. The first-order valence-electron chi connectivity index (χ1n) is 5.32. The predicted molar refractivity (Wildman–Crippen MR) is 75.3 cm³/mol. The van der Waals surface area contributed by atoms with Gasteiger partial charge in [-0.1, -0.05) is 11.6 Å². The van der Waals surface area contributed by atoms with E-state index in [1.54, 1.807) is 18.0 Å². The largest absolute Gasteiger partial charge is 0.312 e. The molecular weight excluding hydrogens is 277 g/mol. The standard InChI is InChI=1S/C11H13Cl2N3S/c1-17-5-4-16-10(2-3-12)15-9-6-8(13)7-14-11(9)16/h6-7H,2-5H2,1H3. The number of halogens is 2. The molecule has 0 spiro atoms. The zero-order valence-corrected chi connectivity index (χ0v) is 11.8. The minimum absolute atomic E-state index is 0.566. The van der Waals surface area contributed by atoms with Crippen molar-refractivity contribution in [2.45, 2.75) is 13.0 Å². The molecule has 0 aliphatic carbocycles. The maximum absolute atomic E-state index is 5.92. The average molecular weight is 290 g/mol. The Bertz CT molecular complexity index is 513. The molecule has 0 amide bonds. The zero-order chi connectivity index (χ0) is 12.3. The smallest absolute Gasteiger partial charge is 0.160 e. The fourth-order valence-corrected chi connectivity index (χ4v) is 2.41. The minimum Gasteiger partial charge on any atom is -0.312 e. The SMILES string of the molecule is CSCCn1c(CCCl)nc2cc(Cl)cnc21. The van der Waals surface area contributed by atoms with E-state index in [0.717, 1.165) is 35.7 Å². The summed E-state index contributed by atoms with van der Waals surface area (Å²) in [5, 5.41) is 0.615. The van der Waals surface area contributed by atoms with E-state index in [1.807, 2.05) is 6.07 Å². The zero-order valence-electron chi connectivity index (χ0n) is 9.49. The highest BCUT2D eigenvalue weighted by Gasteiger charge is 2.11. The second kappa shape index (κ2) is 5.94. The highest BCUT2D eigenvalue weighted by Crippen LogP contribution is 2.19. The van der Waals surface area contributed by atoms with Crippen LogP contribution in [0.2, 0.25) is 5.02 Å². The van der Waals surface area contributed by atoms with Crippen LogP contribution in [-0.2, 0) is 13.0 Å². The van der Waals surface area contributed by atoms with Crippen LogP contribution < -0.4 is 0 Å². The second-order valence-corrected chi connectivity index (χ2v) is 5.41. The number of hydrogen-bond acceptors (Lipinski definition) is 3. The van der Waals surface area contributed by atoms with Gasteiger partial charge in [-0.2, -0.15) is 11.8 Å². The van der Waals surface area contributed by atoms with Crippen LogP contribution >= 0.6 is 35.0 Å². The molecule has 0 aliphatic heterocycles. The summed E-state index contributed by atoms with van der Waals surface area (Å²) in [6, 6.07) is 1.84. The van der Waals surface area contributed by atoms with Gasteiger partial charge in [0, 0.05) is 30.8 Å². The molecule has 2 aromatic rings. The van der Waals surface area contributed by atoms with E-state index in [0.29, 0.717) is 10.9 Å². The van der Waals surface area contributed by atoms with Crippen molar-refractivity contribution in [3.63, 3.8) is 0 Å². The first kappa shape index (κ1) is 13.0. The fourth-order valence-electron chi connectivity index (χ4n) is 1.73. The van der Waals surface area contributed by atoms with E-state index >= 15 is 0 Å².